The minimum atomic E-state index is -0.383. The molecule has 2 unspecified atom stereocenters. The van der Waals surface area contributed by atoms with E-state index in [1.165, 1.54) is 13.2 Å². The number of hydrogen-bond donors (Lipinski definition) is 1. The van der Waals surface area contributed by atoms with Gasteiger partial charge in [0.2, 0.25) is 5.91 Å². The number of ether oxygens (including phenoxy) is 3. The van der Waals surface area contributed by atoms with Crippen molar-refractivity contribution in [2.24, 2.45) is 0 Å². The van der Waals surface area contributed by atoms with Gasteiger partial charge in [-0.15, -0.1) is 0 Å². The third kappa shape index (κ3) is 7.53. The van der Waals surface area contributed by atoms with E-state index in [1.807, 2.05) is 31.2 Å². The molecule has 2 amide bonds. The number of hydrogen-bond acceptors (Lipinski definition) is 6. The van der Waals surface area contributed by atoms with E-state index in [1.54, 1.807) is 41.0 Å². The molecule has 2 aliphatic heterocycles. The number of carbonyl (C=O) groups excluding carboxylic acids is 2. The molecule has 3 aromatic carbocycles. The van der Waals surface area contributed by atoms with Crippen LogP contribution in [0.15, 0.2) is 60.2 Å². The first-order valence-electron chi connectivity index (χ1n) is 15.8. The van der Waals surface area contributed by atoms with Gasteiger partial charge in [-0.2, -0.15) is 0 Å². The molecule has 3 aromatic rings. The van der Waals surface area contributed by atoms with E-state index in [9.17, 15) is 14.0 Å². The Morgan fingerprint density at radius 1 is 0.979 bits per heavy atom. The number of amides is 2. The summed E-state index contributed by atoms with van der Waals surface area (Å²) in [6, 6.07) is 15.5. The maximum absolute atomic E-state index is 14.9. The maximum atomic E-state index is 14.9. The van der Waals surface area contributed by atoms with Gasteiger partial charge in [0, 0.05) is 49.8 Å². The molecule has 0 radical (unpaired) electrons. The van der Waals surface area contributed by atoms with Crippen LogP contribution in [0.5, 0.6) is 17.2 Å². The Hall–Kier alpha value is -3.79. The summed E-state index contributed by atoms with van der Waals surface area (Å²) < 4.78 is 32.0. The van der Waals surface area contributed by atoms with Gasteiger partial charge in [0.05, 0.1) is 23.2 Å². The number of nitrogens with one attached hydrogen (secondary N) is 1. The van der Waals surface area contributed by atoms with Crippen molar-refractivity contribution >= 4 is 40.6 Å². The third-order valence-corrected chi connectivity index (χ3v) is 9.43. The first kappa shape index (κ1) is 33.1. The molecule has 2 bridgehead atoms. The summed E-state index contributed by atoms with van der Waals surface area (Å²) in [6.07, 6.45) is 2.29. The lowest BCUT2D eigenvalue weighted by Crippen LogP contribution is -2.61. The molecule has 0 aromatic heterocycles. The quantitative estimate of drug-likeness (QED) is 0.235. The van der Waals surface area contributed by atoms with Gasteiger partial charge in [-0.1, -0.05) is 35.3 Å². The van der Waals surface area contributed by atoms with Crippen LogP contribution in [-0.2, 0) is 16.1 Å². The van der Waals surface area contributed by atoms with Gasteiger partial charge in [0.15, 0.2) is 5.75 Å². The summed E-state index contributed by atoms with van der Waals surface area (Å²) in [7, 11) is 1.54. The fourth-order valence-electron chi connectivity index (χ4n) is 6.39. The molecule has 6 rings (SSSR count). The van der Waals surface area contributed by atoms with E-state index in [-0.39, 0.29) is 55.5 Å². The number of halogens is 3. The SMILES string of the molecule is COc1ccc(F)c(CN(C(=O)C2=C(c3ccc(OCCOc4c(Cl)cc(C)cc4Cl)cc3)CC3CN(C(C)=O)CC2N3)C2CC2)c1. The number of aryl methyl sites for hydroxylation is 1. The summed E-state index contributed by atoms with van der Waals surface area (Å²) in [6.45, 7) is 5.08. The molecule has 1 aliphatic carbocycles. The normalized spacial score (nSPS) is 19.0. The van der Waals surface area contributed by atoms with Crippen LogP contribution >= 0.6 is 23.2 Å². The van der Waals surface area contributed by atoms with Crippen LogP contribution < -0.4 is 19.5 Å². The zero-order valence-electron chi connectivity index (χ0n) is 26.7. The highest BCUT2D eigenvalue weighted by Crippen LogP contribution is 2.38. The Balaban J connectivity index is 1.24. The van der Waals surface area contributed by atoms with Crippen LogP contribution in [0.1, 0.15) is 42.9 Å². The van der Waals surface area contributed by atoms with Gasteiger partial charge in [0.25, 0.3) is 5.91 Å². The molecular formula is C36H38Cl2FN3O5. The summed E-state index contributed by atoms with van der Waals surface area (Å²) in [5.41, 5.74) is 3.81. The van der Waals surface area contributed by atoms with Crippen LogP contribution in [-0.4, -0.2) is 73.2 Å². The molecule has 3 aliphatic rings. The van der Waals surface area contributed by atoms with Crippen molar-refractivity contribution in [3.8, 4) is 17.2 Å². The molecule has 11 heteroatoms. The fourth-order valence-corrected chi connectivity index (χ4v) is 7.10. The van der Waals surface area contributed by atoms with Crippen molar-refractivity contribution in [3.63, 3.8) is 0 Å². The summed E-state index contributed by atoms with van der Waals surface area (Å²) in [5, 5.41) is 4.49. The Kier molecular flexibility index (Phi) is 9.96. The highest BCUT2D eigenvalue weighted by molar-refractivity contribution is 6.37. The topological polar surface area (TPSA) is 80.3 Å². The molecule has 1 saturated carbocycles. The molecule has 248 valence electrons. The van der Waals surface area contributed by atoms with Crippen molar-refractivity contribution in [2.45, 2.75) is 57.8 Å². The average molecular weight is 683 g/mol. The van der Waals surface area contributed by atoms with Crippen molar-refractivity contribution in [1.29, 1.82) is 0 Å². The lowest BCUT2D eigenvalue weighted by molar-refractivity contribution is -0.132. The molecule has 47 heavy (non-hydrogen) atoms. The summed E-state index contributed by atoms with van der Waals surface area (Å²) in [5.74, 6) is 1.07. The van der Waals surface area contributed by atoms with Crippen LogP contribution in [0, 0.1) is 12.7 Å². The van der Waals surface area contributed by atoms with Gasteiger partial charge >= 0.3 is 0 Å². The van der Waals surface area contributed by atoms with Crippen molar-refractivity contribution in [2.75, 3.05) is 33.4 Å². The molecule has 2 fully saturated rings. The lowest BCUT2D eigenvalue weighted by Gasteiger charge is -2.44. The van der Waals surface area contributed by atoms with E-state index in [0.717, 1.165) is 29.5 Å². The first-order chi connectivity index (χ1) is 22.6. The second-order valence-corrected chi connectivity index (χ2v) is 13.2. The smallest absolute Gasteiger partial charge is 0.252 e. The number of carbonyl (C=O) groups is 2. The zero-order valence-corrected chi connectivity index (χ0v) is 28.2. The maximum Gasteiger partial charge on any atom is 0.252 e. The summed E-state index contributed by atoms with van der Waals surface area (Å²) >= 11 is 12.6. The van der Waals surface area contributed by atoms with Gasteiger partial charge < -0.3 is 29.3 Å². The molecule has 2 atom stereocenters. The van der Waals surface area contributed by atoms with Crippen LogP contribution in [0.3, 0.4) is 0 Å². The Labute approximate surface area is 284 Å². The molecule has 2 heterocycles. The Bertz CT molecular complexity index is 1670. The summed E-state index contributed by atoms with van der Waals surface area (Å²) in [4.78, 5) is 30.6. The van der Waals surface area contributed by atoms with Crippen LogP contribution in [0.25, 0.3) is 5.57 Å². The minimum absolute atomic E-state index is 0.00269. The van der Waals surface area contributed by atoms with Gasteiger partial charge in [0.1, 0.15) is 30.5 Å². The Morgan fingerprint density at radius 3 is 2.32 bits per heavy atom. The number of rotatable bonds is 11. The van der Waals surface area contributed by atoms with E-state index in [4.69, 9.17) is 37.4 Å². The number of methoxy groups -OCH3 is 1. The van der Waals surface area contributed by atoms with Gasteiger partial charge in [-0.05, 0) is 85.4 Å². The van der Waals surface area contributed by atoms with Crippen molar-refractivity contribution < 1.29 is 28.2 Å². The van der Waals surface area contributed by atoms with E-state index in [2.05, 4.69) is 5.32 Å². The predicted octanol–water partition coefficient (Wildman–Crippen LogP) is 6.44. The molecule has 0 spiro atoms. The molecule has 8 nitrogen and oxygen atoms in total. The second-order valence-electron chi connectivity index (χ2n) is 12.3. The third-order valence-electron chi connectivity index (χ3n) is 8.87. The number of piperazine rings is 1. The van der Waals surface area contributed by atoms with E-state index >= 15 is 0 Å². The largest absolute Gasteiger partial charge is 0.497 e. The highest BCUT2D eigenvalue weighted by atomic mass is 35.5. The number of fused-ring (bicyclic) bond motifs is 2. The fraction of sp³-hybridized carbons (Fsp3) is 0.389. The van der Waals surface area contributed by atoms with Crippen LogP contribution in [0.2, 0.25) is 10.0 Å². The molecular weight excluding hydrogens is 644 g/mol. The van der Waals surface area contributed by atoms with Crippen LogP contribution in [0.4, 0.5) is 4.39 Å². The first-order valence-corrected chi connectivity index (χ1v) is 16.6. The second kappa shape index (κ2) is 14.1. The van der Waals surface area contributed by atoms with Crippen molar-refractivity contribution in [3.05, 3.63) is 92.7 Å². The van der Waals surface area contributed by atoms with Crippen molar-refractivity contribution in [1.82, 2.24) is 15.1 Å². The van der Waals surface area contributed by atoms with E-state index in [0.29, 0.717) is 57.9 Å². The predicted molar refractivity (Wildman–Crippen MR) is 180 cm³/mol. The molecule has 1 N–H and O–H groups in total. The minimum Gasteiger partial charge on any atom is -0.497 e. The average Bonchev–Trinajstić information content (AvgIpc) is 3.89. The molecule has 1 saturated heterocycles. The van der Waals surface area contributed by atoms with Gasteiger partial charge in [-0.3, -0.25) is 9.59 Å². The standard InChI is InChI=1S/C36H38Cl2FN3O5/c1-21-14-30(37)35(31(38)15-21)47-13-12-46-27-8-4-23(5-9-27)29-17-25-19-41(22(2)43)20-33(40-25)34(29)36(44)42(26-6-7-26)18-24-16-28(45-3)10-11-32(24)39/h4-5,8-11,14-16,25-26,33,40H,6-7,12-13,17-20H2,1-3H3. The Morgan fingerprint density at radius 2 is 1.66 bits per heavy atom. The highest BCUT2D eigenvalue weighted by Gasteiger charge is 2.43. The monoisotopic (exact) mass is 681 g/mol. The van der Waals surface area contributed by atoms with E-state index < -0.39 is 0 Å². The van der Waals surface area contributed by atoms with Gasteiger partial charge in [-0.25, -0.2) is 4.39 Å². The zero-order chi connectivity index (χ0) is 33.2. The number of benzene rings is 3. The lowest BCUT2D eigenvalue weighted by atomic mass is 9.82. The number of nitrogens with zero attached hydrogens (tertiary/aromatic N) is 2.